The van der Waals surface area contributed by atoms with E-state index >= 15 is 0 Å². The topological polar surface area (TPSA) is 38.3 Å². The van der Waals surface area contributed by atoms with Gasteiger partial charge >= 0.3 is 0 Å². The Hall–Kier alpha value is -2.00. The second-order valence-corrected chi connectivity index (χ2v) is 6.42. The molecule has 0 saturated carbocycles. The van der Waals surface area contributed by atoms with Crippen LogP contribution in [0.2, 0.25) is 5.02 Å². The molecule has 0 aliphatic carbocycles. The molecule has 24 heavy (non-hydrogen) atoms. The number of nitrogens with one attached hydrogen (secondary N) is 1. The van der Waals surface area contributed by atoms with Gasteiger partial charge in [0.05, 0.1) is 0 Å². The molecule has 0 fully saturated rings. The normalized spacial score (nSPS) is 11.8. The molecular formula is C20H24ClNO2. The Morgan fingerprint density at radius 1 is 1.17 bits per heavy atom. The number of ether oxygens (including phenoxy) is 1. The molecule has 1 unspecified atom stereocenters. The lowest BCUT2D eigenvalue weighted by Gasteiger charge is -2.17. The quantitative estimate of drug-likeness (QED) is 0.752. The third kappa shape index (κ3) is 5.27. The number of halogens is 1. The summed E-state index contributed by atoms with van der Waals surface area (Å²) >= 11 is 5.87. The largest absolute Gasteiger partial charge is 0.481 e. The molecule has 0 radical (unpaired) electrons. The predicted octanol–water partition coefficient (Wildman–Crippen LogP) is 4.47. The van der Waals surface area contributed by atoms with Gasteiger partial charge in [-0.25, -0.2) is 0 Å². The molecule has 1 N–H and O–H groups in total. The van der Waals surface area contributed by atoms with E-state index in [1.54, 1.807) is 6.92 Å². The number of aryl methyl sites for hydroxylation is 2. The maximum atomic E-state index is 12.1. The molecule has 0 aliphatic rings. The van der Waals surface area contributed by atoms with Crippen molar-refractivity contribution >= 4 is 17.5 Å². The molecule has 0 bridgehead atoms. The second-order valence-electron chi connectivity index (χ2n) is 5.98. The summed E-state index contributed by atoms with van der Waals surface area (Å²) in [5.74, 6) is 0.672. The summed E-state index contributed by atoms with van der Waals surface area (Å²) in [5.41, 5.74) is 3.44. The molecule has 0 saturated heterocycles. The average molecular weight is 346 g/mol. The van der Waals surface area contributed by atoms with E-state index in [1.165, 1.54) is 5.56 Å². The summed E-state index contributed by atoms with van der Waals surface area (Å²) in [6.07, 6.45) is 1.27. The van der Waals surface area contributed by atoms with Crippen molar-refractivity contribution in [3.05, 3.63) is 64.2 Å². The summed E-state index contributed by atoms with van der Waals surface area (Å²) in [6.45, 7) is 6.43. The molecule has 2 aromatic carbocycles. The van der Waals surface area contributed by atoms with E-state index in [0.29, 0.717) is 6.54 Å². The Balaban J connectivity index is 1.75. The Kier molecular flexibility index (Phi) is 6.68. The van der Waals surface area contributed by atoms with Crippen LogP contribution in [0.3, 0.4) is 0 Å². The second kappa shape index (κ2) is 8.74. The highest BCUT2D eigenvalue weighted by atomic mass is 35.5. The highest BCUT2D eigenvalue weighted by Gasteiger charge is 2.15. The molecule has 0 heterocycles. The van der Waals surface area contributed by atoms with Gasteiger partial charge in [0.2, 0.25) is 0 Å². The summed E-state index contributed by atoms with van der Waals surface area (Å²) in [4.78, 5) is 12.1. The zero-order chi connectivity index (χ0) is 17.5. The van der Waals surface area contributed by atoms with Gasteiger partial charge in [-0.15, -0.1) is 0 Å². The third-order valence-electron chi connectivity index (χ3n) is 4.08. The van der Waals surface area contributed by atoms with Crippen LogP contribution in [0, 0.1) is 13.8 Å². The summed E-state index contributed by atoms with van der Waals surface area (Å²) in [5, 5.41) is 3.67. The van der Waals surface area contributed by atoms with Crippen LogP contribution in [0.15, 0.2) is 42.5 Å². The highest BCUT2D eigenvalue weighted by molar-refractivity contribution is 6.30. The molecule has 2 rings (SSSR count). The van der Waals surface area contributed by atoms with Crippen LogP contribution in [0.1, 0.15) is 30.0 Å². The molecule has 4 heteroatoms. The molecule has 0 spiro atoms. The van der Waals surface area contributed by atoms with Gasteiger partial charge in [0, 0.05) is 11.6 Å². The van der Waals surface area contributed by atoms with Crippen molar-refractivity contribution in [3.63, 3.8) is 0 Å². The zero-order valence-corrected chi connectivity index (χ0v) is 15.2. The highest BCUT2D eigenvalue weighted by Crippen LogP contribution is 2.21. The lowest BCUT2D eigenvalue weighted by Crippen LogP contribution is -2.37. The molecular weight excluding hydrogens is 322 g/mol. The number of amides is 1. The number of rotatable bonds is 7. The van der Waals surface area contributed by atoms with Crippen LogP contribution < -0.4 is 10.1 Å². The number of benzene rings is 2. The number of hydrogen-bond acceptors (Lipinski definition) is 2. The molecule has 128 valence electrons. The van der Waals surface area contributed by atoms with Crippen molar-refractivity contribution in [2.45, 2.75) is 39.7 Å². The van der Waals surface area contributed by atoms with Crippen LogP contribution in [-0.2, 0) is 11.2 Å². The monoisotopic (exact) mass is 345 g/mol. The lowest BCUT2D eigenvalue weighted by molar-refractivity contribution is -0.127. The fourth-order valence-electron chi connectivity index (χ4n) is 2.39. The van der Waals surface area contributed by atoms with Gasteiger partial charge in [0.1, 0.15) is 5.75 Å². The average Bonchev–Trinajstić information content (AvgIpc) is 2.57. The van der Waals surface area contributed by atoms with E-state index in [1.807, 2.05) is 56.3 Å². The van der Waals surface area contributed by atoms with Gasteiger partial charge in [-0.3, -0.25) is 4.79 Å². The minimum atomic E-state index is -0.513. The molecule has 1 atom stereocenters. The number of carbonyl (C=O) groups excluding carboxylic acids is 1. The zero-order valence-electron chi connectivity index (χ0n) is 14.4. The van der Waals surface area contributed by atoms with E-state index < -0.39 is 6.10 Å². The van der Waals surface area contributed by atoms with Crippen molar-refractivity contribution < 1.29 is 9.53 Å². The fraction of sp³-hybridized carbons (Fsp3) is 0.350. The molecule has 2 aromatic rings. The van der Waals surface area contributed by atoms with Crippen molar-refractivity contribution in [3.8, 4) is 5.75 Å². The lowest BCUT2D eigenvalue weighted by atomic mass is 10.1. The van der Waals surface area contributed by atoms with Gasteiger partial charge in [0.15, 0.2) is 6.10 Å². The smallest absolute Gasteiger partial charge is 0.260 e. The maximum Gasteiger partial charge on any atom is 0.260 e. The fourth-order valence-corrected chi connectivity index (χ4v) is 2.52. The van der Waals surface area contributed by atoms with E-state index in [4.69, 9.17) is 16.3 Å². The molecule has 0 aliphatic heterocycles. The molecule has 3 nitrogen and oxygen atoms in total. The van der Waals surface area contributed by atoms with E-state index in [2.05, 4.69) is 5.32 Å². The molecule has 0 aromatic heterocycles. The Morgan fingerprint density at radius 2 is 1.88 bits per heavy atom. The van der Waals surface area contributed by atoms with Gasteiger partial charge in [-0.1, -0.05) is 35.9 Å². The third-order valence-corrected chi connectivity index (χ3v) is 4.33. The van der Waals surface area contributed by atoms with Crippen LogP contribution in [0.5, 0.6) is 5.75 Å². The van der Waals surface area contributed by atoms with Gasteiger partial charge in [0.25, 0.3) is 5.91 Å². The van der Waals surface area contributed by atoms with Gasteiger partial charge in [-0.2, -0.15) is 0 Å². The van der Waals surface area contributed by atoms with Crippen molar-refractivity contribution in [1.82, 2.24) is 5.32 Å². The maximum absolute atomic E-state index is 12.1. The SMILES string of the molecule is Cc1cccc(OC(C)C(=O)NCCCc2ccc(Cl)cc2)c1C. The standard InChI is InChI=1S/C20H24ClNO2/c1-14-6-4-8-19(15(14)2)24-16(3)20(23)22-13-5-7-17-9-11-18(21)12-10-17/h4,6,8-12,16H,5,7,13H2,1-3H3,(H,22,23). The van der Waals surface area contributed by atoms with Crippen molar-refractivity contribution in [2.24, 2.45) is 0 Å². The first kappa shape index (κ1) is 18.3. The Labute approximate surface area is 149 Å². The first-order chi connectivity index (χ1) is 11.5. The Morgan fingerprint density at radius 3 is 2.58 bits per heavy atom. The summed E-state index contributed by atoms with van der Waals surface area (Å²) < 4.78 is 5.79. The van der Waals surface area contributed by atoms with Crippen molar-refractivity contribution in [2.75, 3.05) is 6.54 Å². The Bertz CT molecular complexity index is 683. The van der Waals surface area contributed by atoms with Gasteiger partial charge in [-0.05, 0) is 68.5 Å². The first-order valence-electron chi connectivity index (χ1n) is 8.22. The number of carbonyl (C=O) groups is 1. The minimum Gasteiger partial charge on any atom is -0.481 e. The molecule has 1 amide bonds. The van der Waals surface area contributed by atoms with Crippen LogP contribution >= 0.6 is 11.6 Å². The van der Waals surface area contributed by atoms with Crippen LogP contribution in [0.4, 0.5) is 0 Å². The van der Waals surface area contributed by atoms with Gasteiger partial charge < -0.3 is 10.1 Å². The van der Waals surface area contributed by atoms with E-state index in [-0.39, 0.29) is 5.91 Å². The minimum absolute atomic E-state index is 0.0907. The first-order valence-corrected chi connectivity index (χ1v) is 8.60. The van der Waals surface area contributed by atoms with E-state index in [9.17, 15) is 4.79 Å². The summed E-state index contributed by atoms with van der Waals surface area (Å²) in [6, 6.07) is 13.7. The van der Waals surface area contributed by atoms with Crippen LogP contribution in [0.25, 0.3) is 0 Å². The van der Waals surface area contributed by atoms with Crippen molar-refractivity contribution in [1.29, 1.82) is 0 Å². The predicted molar refractivity (Wildman–Crippen MR) is 98.8 cm³/mol. The summed E-state index contributed by atoms with van der Waals surface area (Å²) in [7, 11) is 0. The van der Waals surface area contributed by atoms with E-state index in [0.717, 1.165) is 34.7 Å². The van der Waals surface area contributed by atoms with Crippen LogP contribution in [-0.4, -0.2) is 18.6 Å². The number of hydrogen-bond donors (Lipinski definition) is 1.